The van der Waals surface area contributed by atoms with Gasteiger partial charge in [0.05, 0.1) is 17.1 Å². The third-order valence-corrected chi connectivity index (χ3v) is 9.57. The molecule has 0 unspecified atom stereocenters. The largest absolute Gasteiger partial charge is 2.00 e. The van der Waals surface area contributed by atoms with Crippen molar-refractivity contribution in [2.24, 2.45) is 0 Å². The number of phenols is 1. The first-order valence-electron chi connectivity index (χ1n) is 17.7. The number of hydrogen-bond acceptors (Lipinski definition) is 2. The predicted molar refractivity (Wildman–Crippen MR) is 200 cm³/mol. The number of para-hydroxylation sites is 3. The Kier molecular flexibility index (Phi) is 11.7. The number of aryl methyl sites for hydroxylation is 2. The van der Waals surface area contributed by atoms with Crippen LogP contribution in [0.3, 0.4) is 0 Å². The Labute approximate surface area is 312 Å². The normalized spacial score (nSPS) is 11.6. The predicted octanol–water partition coefficient (Wildman–Crippen LogP) is 10.2. The molecule has 50 heavy (non-hydrogen) atoms. The van der Waals surface area contributed by atoms with Crippen molar-refractivity contribution in [3.63, 3.8) is 0 Å². The van der Waals surface area contributed by atoms with Crippen molar-refractivity contribution in [1.29, 1.82) is 0 Å². The van der Waals surface area contributed by atoms with Gasteiger partial charge in [0, 0.05) is 30.5 Å². The number of phenolic OH excluding ortho intramolecular Hbond substituents is 1. The molecule has 0 aliphatic rings. The van der Waals surface area contributed by atoms with Gasteiger partial charge >= 0.3 is 21.1 Å². The van der Waals surface area contributed by atoms with E-state index in [9.17, 15) is 5.11 Å². The number of hydrogen-bond donors (Lipinski definition) is 1. The minimum atomic E-state index is 0. The van der Waals surface area contributed by atoms with Crippen LogP contribution in [0.4, 0.5) is 0 Å². The molecule has 6 rings (SSSR count). The second-order valence-electron chi connectivity index (χ2n) is 14.3. The van der Waals surface area contributed by atoms with E-state index in [0.717, 1.165) is 46.0 Å². The van der Waals surface area contributed by atoms with Gasteiger partial charge in [0.2, 0.25) is 0 Å². The third-order valence-electron chi connectivity index (χ3n) is 9.57. The van der Waals surface area contributed by atoms with Gasteiger partial charge in [-0.1, -0.05) is 104 Å². The molecule has 0 fully saturated rings. The van der Waals surface area contributed by atoms with Crippen LogP contribution in [-0.4, -0.2) is 14.7 Å². The van der Waals surface area contributed by atoms with Gasteiger partial charge in [-0.3, -0.25) is 9.55 Å². The van der Waals surface area contributed by atoms with Crippen LogP contribution in [0.5, 0.6) is 5.75 Å². The summed E-state index contributed by atoms with van der Waals surface area (Å²) in [5.74, 6) is 3.35. The molecule has 4 aromatic carbocycles. The van der Waals surface area contributed by atoms with Crippen molar-refractivity contribution >= 4 is 0 Å². The Morgan fingerprint density at radius 3 is 1.94 bits per heavy atom. The number of aromatic nitrogens is 4. The smallest absolute Gasteiger partial charge is 0.507 e. The fourth-order valence-electron chi connectivity index (χ4n) is 6.98. The first-order valence-corrected chi connectivity index (χ1v) is 17.7. The summed E-state index contributed by atoms with van der Waals surface area (Å²) < 4.78 is 4.39. The van der Waals surface area contributed by atoms with Crippen molar-refractivity contribution in [3.8, 4) is 39.9 Å². The quantitative estimate of drug-likeness (QED) is 0.104. The minimum Gasteiger partial charge on any atom is -0.507 e. The topological polar surface area (TPSA) is 56.0 Å². The van der Waals surface area contributed by atoms with Gasteiger partial charge in [0.15, 0.2) is 0 Å². The molecule has 0 atom stereocenters. The molecule has 2 heterocycles. The van der Waals surface area contributed by atoms with Crippen LogP contribution in [0.15, 0.2) is 97.6 Å². The second kappa shape index (κ2) is 15.8. The summed E-state index contributed by atoms with van der Waals surface area (Å²) in [7, 11) is 0. The Morgan fingerprint density at radius 2 is 1.32 bits per heavy atom. The SMILES string of the molecule is CC(C)c1cccc(C(C)C)c1-n1ccnc1-c1cccc(CCc2[c-]c(-c3[n-]cc[n+]3-c3c(C(C)C)cccc3C(C)C)ccc2)c1O.[Pt+2]. The van der Waals surface area contributed by atoms with E-state index in [2.05, 4.69) is 131 Å². The van der Waals surface area contributed by atoms with Crippen molar-refractivity contribution < 1.29 is 30.7 Å². The van der Waals surface area contributed by atoms with Crippen LogP contribution in [0.2, 0.25) is 0 Å². The number of aromatic hydroxyl groups is 1. The summed E-state index contributed by atoms with van der Waals surface area (Å²) in [6.45, 7) is 17.9. The van der Waals surface area contributed by atoms with Gasteiger partial charge in [-0.25, -0.2) is 4.98 Å². The Balaban J connectivity index is 0.00000486. The Bertz CT molecular complexity index is 2010. The zero-order valence-electron chi connectivity index (χ0n) is 30.5. The van der Waals surface area contributed by atoms with Crippen LogP contribution in [-0.2, 0) is 33.9 Å². The summed E-state index contributed by atoms with van der Waals surface area (Å²) >= 11 is 0. The summed E-state index contributed by atoms with van der Waals surface area (Å²) in [5.41, 5.74) is 11.2. The molecule has 1 N–H and O–H groups in total. The van der Waals surface area contributed by atoms with Crippen molar-refractivity contribution in [1.82, 2.24) is 14.5 Å². The van der Waals surface area contributed by atoms with Crippen LogP contribution in [0, 0.1) is 6.07 Å². The average Bonchev–Trinajstić information content (AvgIpc) is 3.78. The molecule has 0 aliphatic carbocycles. The number of rotatable bonds is 11. The monoisotopic (exact) mass is 844 g/mol. The molecule has 0 saturated carbocycles. The van der Waals surface area contributed by atoms with E-state index in [0.29, 0.717) is 30.1 Å². The fraction of sp³-hybridized carbons (Fsp3) is 0.318. The van der Waals surface area contributed by atoms with E-state index < -0.39 is 0 Å². The maximum atomic E-state index is 11.7. The molecule has 0 spiro atoms. The van der Waals surface area contributed by atoms with Crippen LogP contribution in [0.25, 0.3) is 34.2 Å². The minimum absolute atomic E-state index is 0. The van der Waals surface area contributed by atoms with E-state index in [1.165, 1.54) is 27.9 Å². The fourth-order valence-corrected chi connectivity index (χ4v) is 6.98. The molecule has 260 valence electrons. The summed E-state index contributed by atoms with van der Waals surface area (Å²) in [4.78, 5) is 9.61. The molecular weight excluding hydrogens is 796 g/mol. The molecular formula is C44H49N4OPt+. The van der Waals surface area contributed by atoms with E-state index in [4.69, 9.17) is 9.97 Å². The summed E-state index contributed by atoms with van der Waals surface area (Å²) in [6.07, 6.45) is 9.20. The van der Waals surface area contributed by atoms with Crippen LogP contribution in [0.1, 0.15) is 112 Å². The maximum Gasteiger partial charge on any atom is 2.00 e. The van der Waals surface area contributed by atoms with E-state index in [-0.39, 0.29) is 26.8 Å². The molecule has 2 aromatic heterocycles. The molecule has 6 aromatic rings. The summed E-state index contributed by atoms with van der Waals surface area (Å²) in [6, 6.07) is 29.2. The standard InChI is InChI=1S/C44H49N4O.Pt/c1-28(2)35-16-11-17-36(29(3)4)40(35)47-25-23-45-43(47)34-15-9-13-32(27-34)21-22-33-14-10-20-39(42(33)49)44-46-24-26-48(44)41-37(30(5)6)18-12-19-38(41)31(7)8;/h9-20,23-26,28-31H,21-22H2,1-8H3,(H,46,49);/q-1;+2. The molecule has 0 aliphatic heterocycles. The average molecular weight is 845 g/mol. The maximum absolute atomic E-state index is 11.7. The van der Waals surface area contributed by atoms with Gasteiger partial charge in [-0.15, -0.1) is 35.4 Å². The number of imidazole rings is 2. The number of nitrogens with zero attached hydrogens (tertiary/aromatic N) is 4. The zero-order chi connectivity index (χ0) is 34.8. The van der Waals surface area contributed by atoms with Crippen molar-refractivity contribution in [3.05, 3.63) is 137 Å². The van der Waals surface area contributed by atoms with Gasteiger partial charge in [0.25, 0.3) is 0 Å². The second-order valence-corrected chi connectivity index (χ2v) is 14.3. The van der Waals surface area contributed by atoms with Crippen LogP contribution < -0.4 is 9.55 Å². The van der Waals surface area contributed by atoms with Crippen molar-refractivity contribution in [2.75, 3.05) is 0 Å². The van der Waals surface area contributed by atoms with E-state index in [1.54, 1.807) is 0 Å². The summed E-state index contributed by atoms with van der Waals surface area (Å²) in [5, 5.41) is 11.7. The Hall–Kier alpha value is -4.21. The Morgan fingerprint density at radius 1 is 0.740 bits per heavy atom. The third kappa shape index (κ3) is 7.30. The van der Waals surface area contributed by atoms with E-state index in [1.807, 2.05) is 36.8 Å². The van der Waals surface area contributed by atoms with Gasteiger partial charge in [-0.2, -0.15) is 0 Å². The van der Waals surface area contributed by atoms with Gasteiger partial charge in [0.1, 0.15) is 11.6 Å². The first-order chi connectivity index (χ1) is 23.6. The molecule has 0 amide bonds. The molecule has 0 bridgehead atoms. The van der Waals surface area contributed by atoms with Gasteiger partial charge in [-0.05, 0) is 70.4 Å². The van der Waals surface area contributed by atoms with Crippen molar-refractivity contribution in [2.45, 2.75) is 91.9 Å². The molecule has 0 radical (unpaired) electrons. The first kappa shape index (κ1) is 37.1. The van der Waals surface area contributed by atoms with E-state index >= 15 is 0 Å². The van der Waals surface area contributed by atoms with Gasteiger partial charge < -0.3 is 9.67 Å². The molecule has 0 saturated heterocycles. The van der Waals surface area contributed by atoms with Crippen LogP contribution >= 0.6 is 0 Å². The zero-order valence-corrected chi connectivity index (χ0v) is 32.8. The molecule has 6 heteroatoms. The number of benzene rings is 4. The molecule has 5 nitrogen and oxygen atoms in total.